The summed E-state index contributed by atoms with van der Waals surface area (Å²) in [5.41, 5.74) is 6.69. The number of nitrogens with zero attached hydrogens (tertiary/aromatic N) is 2. The molecule has 0 aromatic carbocycles. The van der Waals surface area contributed by atoms with E-state index in [1.165, 1.54) is 0 Å². The minimum Gasteiger partial charge on any atom is -0.338 e. The topological polar surface area (TPSA) is 59.2 Å². The van der Waals surface area contributed by atoms with Gasteiger partial charge in [0.05, 0.1) is 0 Å². The van der Waals surface area contributed by atoms with Crippen LogP contribution in [-0.4, -0.2) is 28.9 Å². The monoisotopic (exact) mass is 291 g/mol. The van der Waals surface area contributed by atoms with Gasteiger partial charge >= 0.3 is 0 Å². The summed E-state index contributed by atoms with van der Waals surface area (Å²) in [6.45, 7) is 6.26. The second-order valence-corrected chi connectivity index (χ2v) is 5.54. The number of rotatable bonds is 10. The summed E-state index contributed by atoms with van der Waals surface area (Å²) in [5.74, 6) is 0.422. The predicted molar refractivity (Wildman–Crippen MR) is 86.6 cm³/mol. The first-order valence-electron chi connectivity index (χ1n) is 8.10. The summed E-state index contributed by atoms with van der Waals surface area (Å²) in [5, 5.41) is 0. The van der Waals surface area contributed by atoms with E-state index in [1.807, 2.05) is 23.2 Å². The van der Waals surface area contributed by atoms with Gasteiger partial charge < -0.3 is 10.6 Å². The molecule has 0 aliphatic rings. The molecule has 21 heavy (non-hydrogen) atoms. The Morgan fingerprint density at radius 3 is 2.57 bits per heavy atom. The van der Waals surface area contributed by atoms with Gasteiger partial charge in [0.1, 0.15) is 0 Å². The van der Waals surface area contributed by atoms with Crippen molar-refractivity contribution in [1.82, 2.24) is 9.88 Å². The third kappa shape index (κ3) is 6.25. The standard InChI is InChI=1S/C17H29N3O/c1-3-7-16(8-4-2)17(21)20(12-6-10-18)14-15-9-5-11-19-13-15/h5,9,11,13,16H,3-4,6-8,10,12,14,18H2,1-2H3. The predicted octanol–water partition coefficient (Wildman–Crippen LogP) is 2.98. The van der Waals surface area contributed by atoms with E-state index in [-0.39, 0.29) is 11.8 Å². The van der Waals surface area contributed by atoms with Crippen LogP contribution in [0.5, 0.6) is 0 Å². The number of hydrogen-bond acceptors (Lipinski definition) is 3. The van der Waals surface area contributed by atoms with Gasteiger partial charge in [-0.1, -0.05) is 32.8 Å². The highest BCUT2D eigenvalue weighted by molar-refractivity contribution is 5.78. The quantitative estimate of drug-likeness (QED) is 0.721. The van der Waals surface area contributed by atoms with Gasteiger partial charge in [-0.25, -0.2) is 0 Å². The van der Waals surface area contributed by atoms with E-state index in [1.54, 1.807) is 6.20 Å². The van der Waals surface area contributed by atoms with Gasteiger partial charge in [0.2, 0.25) is 5.91 Å². The molecule has 4 heteroatoms. The molecule has 0 fully saturated rings. The molecule has 4 nitrogen and oxygen atoms in total. The van der Waals surface area contributed by atoms with Crippen molar-refractivity contribution in [3.05, 3.63) is 30.1 Å². The lowest BCUT2D eigenvalue weighted by Crippen LogP contribution is -2.37. The van der Waals surface area contributed by atoms with Crippen molar-refractivity contribution in [3.8, 4) is 0 Å². The Kier molecular flexibility index (Phi) is 8.67. The Bertz CT molecular complexity index is 388. The zero-order valence-corrected chi connectivity index (χ0v) is 13.4. The van der Waals surface area contributed by atoms with Crippen LogP contribution >= 0.6 is 0 Å². The lowest BCUT2D eigenvalue weighted by atomic mass is 9.96. The van der Waals surface area contributed by atoms with Crippen LogP contribution in [0.15, 0.2) is 24.5 Å². The normalized spacial score (nSPS) is 10.9. The zero-order valence-electron chi connectivity index (χ0n) is 13.4. The maximum Gasteiger partial charge on any atom is 0.225 e. The van der Waals surface area contributed by atoms with Gasteiger partial charge in [0.25, 0.3) is 0 Å². The summed E-state index contributed by atoms with van der Waals surface area (Å²) in [6, 6.07) is 3.93. The maximum atomic E-state index is 12.8. The zero-order chi connectivity index (χ0) is 15.5. The average Bonchev–Trinajstić information content (AvgIpc) is 2.51. The Morgan fingerprint density at radius 2 is 2.05 bits per heavy atom. The number of nitrogens with two attached hydrogens (primary N) is 1. The lowest BCUT2D eigenvalue weighted by molar-refractivity contribution is -0.136. The molecule has 0 unspecified atom stereocenters. The van der Waals surface area contributed by atoms with Crippen LogP contribution in [0.25, 0.3) is 0 Å². The third-order valence-electron chi connectivity index (χ3n) is 3.66. The second-order valence-electron chi connectivity index (χ2n) is 5.54. The Labute approximate surface area is 128 Å². The van der Waals surface area contributed by atoms with E-state index in [4.69, 9.17) is 5.73 Å². The molecule has 0 aliphatic heterocycles. The fraction of sp³-hybridized carbons (Fsp3) is 0.647. The molecule has 1 aromatic heterocycles. The van der Waals surface area contributed by atoms with Crippen LogP contribution < -0.4 is 5.73 Å². The number of hydrogen-bond donors (Lipinski definition) is 1. The minimum atomic E-state index is 0.148. The first-order valence-corrected chi connectivity index (χ1v) is 8.10. The van der Waals surface area contributed by atoms with Crippen LogP contribution in [0.4, 0.5) is 0 Å². The van der Waals surface area contributed by atoms with Gasteiger partial charge in [-0.3, -0.25) is 9.78 Å². The third-order valence-corrected chi connectivity index (χ3v) is 3.66. The first kappa shape index (κ1) is 17.6. The molecule has 0 bridgehead atoms. The molecule has 1 heterocycles. The van der Waals surface area contributed by atoms with E-state index in [0.717, 1.165) is 44.2 Å². The number of carbonyl (C=O) groups is 1. The number of pyridine rings is 1. The van der Waals surface area contributed by atoms with Crippen molar-refractivity contribution in [2.24, 2.45) is 11.7 Å². The SMILES string of the molecule is CCCC(CCC)C(=O)N(CCCN)Cc1cccnc1. The number of amides is 1. The molecule has 0 spiro atoms. The van der Waals surface area contributed by atoms with Crippen LogP contribution in [-0.2, 0) is 11.3 Å². The Morgan fingerprint density at radius 1 is 1.33 bits per heavy atom. The fourth-order valence-corrected chi connectivity index (χ4v) is 2.61. The number of carbonyl (C=O) groups excluding carboxylic acids is 1. The highest BCUT2D eigenvalue weighted by Crippen LogP contribution is 2.18. The van der Waals surface area contributed by atoms with Crippen LogP contribution in [0.2, 0.25) is 0 Å². The molecule has 0 radical (unpaired) electrons. The van der Waals surface area contributed by atoms with Crippen molar-refractivity contribution in [1.29, 1.82) is 0 Å². The molecular formula is C17H29N3O. The average molecular weight is 291 g/mol. The molecule has 0 saturated carbocycles. The summed E-state index contributed by atoms with van der Waals surface area (Å²) in [6.07, 6.45) is 8.47. The lowest BCUT2D eigenvalue weighted by Gasteiger charge is -2.27. The highest BCUT2D eigenvalue weighted by Gasteiger charge is 2.22. The molecule has 2 N–H and O–H groups in total. The summed E-state index contributed by atoms with van der Waals surface area (Å²) < 4.78 is 0. The summed E-state index contributed by atoms with van der Waals surface area (Å²) >= 11 is 0. The van der Waals surface area contributed by atoms with Crippen molar-refractivity contribution in [2.75, 3.05) is 13.1 Å². The summed E-state index contributed by atoms with van der Waals surface area (Å²) in [4.78, 5) is 18.9. The van der Waals surface area contributed by atoms with Crippen LogP contribution in [0.3, 0.4) is 0 Å². The Hall–Kier alpha value is -1.42. The maximum absolute atomic E-state index is 12.8. The van der Waals surface area contributed by atoms with Gasteiger partial charge in [-0.05, 0) is 37.4 Å². The fourth-order valence-electron chi connectivity index (χ4n) is 2.61. The molecule has 1 amide bonds. The van der Waals surface area contributed by atoms with E-state index in [2.05, 4.69) is 18.8 Å². The molecule has 1 rings (SSSR count). The van der Waals surface area contributed by atoms with Gasteiger partial charge in [-0.2, -0.15) is 0 Å². The van der Waals surface area contributed by atoms with Gasteiger partial charge in [-0.15, -0.1) is 0 Å². The summed E-state index contributed by atoms with van der Waals surface area (Å²) in [7, 11) is 0. The van der Waals surface area contributed by atoms with E-state index >= 15 is 0 Å². The first-order chi connectivity index (χ1) is 10.2. The van der Waals surface area contributed by atoms with E-state index in [9.17, 15) is 4.79 Å². The molecular weight excluding hydrogens is 262 g/mol. The minimum absolute atomic E-state index is 0.148. The molecule has 0 atom stereocenters. The second kappa shape index (κ2) is 10.3. The van der Waals surface area contributed by atoms with Crippen LogP contribution in [0, 0.1) is 5.92 Å². The van der Waals surface area contributed by atoms with E-state index < -0.39 is 0 Å². The molecule has 118 valence electrons. The van der Waals surface area contributed by atoms with Crippen LogP contribution in [0.1, 0.15) is 51.5 Å². The van der Waals surface area contributed by atoms with Gasteiger partial charge in [0, 0.05) is 31.4 Å². The van der Waals surface area contributed by atoms with Gasteiger partial charge in [0.15, 0.2) is 0 Å². The van der Waals surface area contributed by atoms with Crippen molar-refractivity contribution < 1.29 is 4.79 Å². The largest absolute Gasteiger partial charge is 0.338 e. The van der Waals surface area contributed by atoms with E-state index in [0.29, 0.717) is 13.1 Å². The van der Waals surface area contributed by atoms with Crippen molar-refractivity contribution in [2.45, 2.75) is 52.5 Å². The number of aromatic nitrogens is 1. The Balaban J connectivity index is 2.76. The molecule has 0 saturated heterocycles. The van der Waals surface area contributed by atoms with Crippen molar-refractivity contribution >= 4 is 5.91 Å². The van der Waals surface area contributed by atoms with Crippen molar-refractivity contribution in [3.63, 3.8) is 0 Å². The highest BCUT2D eigenvalue weighted by atomic mass is 16.2. The smallest absolute Gasteiger partial charge is 0.225 e. The molecule has 1 aromatic rings. The molecule has 0 aliphatic carbocycles.